The fourth-order valence-electron chi connectivity index (χ4n) is 8.52. The van der Waals surface area contributed by atoms with Crippen molar-refractivity contribution in [3.8, 4) is 43.7 Å². The first-order chi connectivity index (χ1) is 33.6. The van der Waals surface area contributed by atoms with Gasteiger partial charge in [-0.25, -0.2) is 29.9 Å². The first-order valence-electron chi connectivity index (χ1n) is 22.0. The molecule has 0 radical (unpaired) electrons. The van der Waals surface area contributed by atoms with Crippen LogP contribution >= 0.6 is 57.9 Å². The van der Waals surface area contributed by atoms with Gasteiger partial charge in [-0.05, 0) is 78.3 Å². The Morgan fingerprint density at radius 1 is 0.275 bits per heavy atom. The molecule has 12 nitrogen and oxygen atoms in total. The molecule has 8 heterocycles. The van der Waals surface area contributed by atoms with Crippen LogP contribution in [0.4, 0.5) is 0 Å². The van der Waals surface area contributed by atoms with Crippen LogP contribution in [0.2, 0.25) is 0 Å². The Kier molecular flexibility index (Phi) is 11.7. The number of nitrogens with zero attached hydrogens (tertiary/aromatic N) is 12. The fourth-order valence-corrected chi connectivity index (χ4v) is 11.9. The van der Waals surface area contributed by atoms with Crippen LogP contribution in [0.3, 0.4) is 0 Å². The van der Waals surface area contributed by atoms with E-state index < -0.39 is 0 Å². The van der Waals surface area contributed by atoms with Crippen LogP contribution in [0, 0.1) is 55.4 Å². The van der Waals surface area contributed by atoms with Crippen LogP contribution in [0.15, 0.2) is 95.7 Å². The summed E-state index contributed by atoms with van der Waals surface area (Å²) < 4.78 is 26.6. The molecule has 0 aliphatic heterocycles. The maximum atomic E-state index is 5.09. The van der Waals surface area contributed by atoms with E-state index in [-0.39, 0.29) is 0 Å². The summed E-state index contributed by atoms with van der Waals surface area (Å²) in [6.07, 6.45) is 0. The minimum Gasteiger partial charge on any atom is -0.249 e. The van der Waals surface area contributed by atoms with Crippen molar-refractivity contribution in [2.75, 3.05) is 0 Å². The van der Waals surface area contributed by atoms with Gasteiger partial charge in [0.1, 0.15) is 44.5 Å². The molecule has 0 saturated heterocycles. The van der Waals surface area contributed by atoms with Crippen molar-refractivity contribution in [1.29, 1.82) is 0 Å². The van der Waals surface area contributed by atoms with Gasteiger partial charge < -0.3 is 0 Å². The molecule has 13 aromatic rings. The highest BCUT2D eigenvalue weighted by molar-refractivity contribution is 7.14. The average Bonchev–Trinajstić information content (AvgIpc) is 4.25. The van der Waals surface area contributed by atoms with E-state index in [9.17, 15) is 0 Å². The van der Waals surface area contributed by atoms with Crippen molar-refractivity contribution in [2.24, 2.45) is 0 Å². The smallest absolute Gasteiger partial charge is 0.110 e. The van der Waals surface area contributed by atoms with E-state index in [4.69, 9.17) is 19.9 Å². The molecule has 0 unspecified atom stereocenters. The minimum atomic E-state index is 0.888. The van der Waals surface area contributed by atoms with E-state index in [0.29, 0.717) is 0 Å². The Morgan fingerprint density at radius 3 is 0.826 bits per heavy atom. The summed E-state index contributed by atoms with van der Waals surface area (Å²) in [4.78, 5) is 31.8. The van der Waals surface area contributed by atoms with Gasteiger partial charge in [-0.3, -0.25) is 0 Å². The van der Waals surface area contributed by atoms with Crippen LogP contribution in [0.25, 0.3) is 110 Å². The second kappa shape index (κ2) is 18.1. The van der Waals surface area contributed by atoms with Crippen LogP contribution < -0.4 is 0 Å². The summed E-state index contributed by atoms with van der Waals surface area (Å²) in [6, 6.07) is 28.8. The predicted molar refractivity (Wildman–Crippen MR) is 287 cm³/mol. The largest absolute Gasteiger partial charge is 0.249 e. The molecule has 0 fully saturated rings. The molecule has 0 amide bonds. The molecule has 0 aliphatic rings. The van der Waals surface area contributed by atoms with Gasteiger partial charge in [-0.15, -0.1) is 22.7 Å². The highest BCUT2D eigenvalue weighted by Crippen LogP contribution is 2.39. The van der Waals surface area contributed by atoms with Gasteiger partial charge >= 0.3 is 0 Å². The van der Waals surface area contributed by atoms with Crippen LogP contribution in [-0.4, -0.2) is 56.1 Å². The molecule has 0 bridgehead atoms. The summed E-state index contributed by atoms with van der Waals surface area (Å²) in [7, 11) is 0. The summed E-state index contributed by atoms with van der Waals surface area (Å²) in [5.41, 5.74) is 25.2. The summed E-state index contributed by atoms with van der Waals surface area (Å²) >= 11 is 7.10. The second-order valence-corrected chi connectivity index (χ2v) is 20.1. The standard InChI is InChI=1S/C22H16N4S.C18H12N4S3.C12H12N4S/c1-13-17-18(14(2)20-19(13)25-27-26-20)24-22(16-11-7-4-8-12-16)21(23-17)15-9-5-3-6-10-15;1-9-13-14(10(2)16-15(9)21-25-22-16)20-18(12-6-4-8-24-12)17(19-13)11-5-3-7-23-11;1-5-9-10(14-8(4)7(3)13-9)6(2)12-11(5)15-17-16-12/h3-12H,1-2H3;3-8H,1-2H3;1-4H3. The lowest BCUT2D eigenvalue weighted by molar-refractivity contribution is 1.09. The summed E-state index contributed by atoms with van der Waals surface area (Å²) in [6.45, 7) is 16.3. The SMILES string of the molecule is Cc1c2nsnc2c(C)c2nc(-c3ccccc3)c(-c3ccccc3)nc12.Cc1c2nsnc2c(C)c2nc(-c3cccs3)c(-c3cccs3)nc12.Cc1nc2c(C)c3nsnc3c(C)c2nc1C. The van der Waals surface area contributed by atoms with Gasteiger partial charge in [0.25, 0.3) is 0 Å². The normalized spacial score (nSPS) is 11.5. The number of thiophene rings is 2. The summed E-state index contributed by atoms with van der Waals surface area (Å²) in [5, 5.41) is 4.15. The second-order valence-electron chi connectivity index (χ2n) is 16.6. The maximum Gasteiger partial charge on any atom is 0.110 e. The molecule has 8 aromatic heterocycles. The number of aromatic nitrogens is 12. The van der Waals surface area contributed by atoms with E-state index in [1.807, 2.05) is 64.1 Å². The van der Waals surface area contributed by atoms with E-state index in [1.54, 1.807) is 22.7 Å². The van der Waals surface area contributed by atoms with E-state index in [0.717, 1.165) is 155 Å². The number of hydrogen-bond acceptors (Lipinski definition) is 17. The number of fused-ring (bicyclic) bond motifs is 6. The molecule has 13 rings (SSSR count). The third-order valence-corrected chi connectivity index (χ3v) is 15.8. The molecule has 0 N–H and O–H groups in total. The van der Waals surface area contributed by atoms with Crippen molar-refractivity contribution in [2.45, 2.75) is 55.4 Å². The zero-order valence-electron chi connectivity index (χ0n) is 38.6. The van der Waals surface area contributed by atoms with Gasteiger partial charge in [-0.2, -0.15) is 26.2 Å². The molecule has 338 valence electrons. The first-order valence-corrected chi connectivity index (χ1v) is 25.9. The van der Waals surface area contributed by atoms with Gasteiger partial charge in [0.2, 0.25) is 0 Å². The maximum absolute atomic E-state index is 5.09. The van der Waals surface area contributed by atoms with Crippen LogP contribution in [0.5, 0.6) is 0 Å². The van der Waals surface area contributed by atoms with Crippen molar-refractivity contribution in [3.63, 3.8) is 0 Å². The zero-order valence-corrected chi connectivity index (χ0v) is 42.7. The third kappa shape index (κ3) is 7.79. The van der Waals surface area contributed by atoms with Gasteiger partial charge in [0.05, 0.1) is 101 Å². The number of hydrogen-bond donors (Lipinski definition) is 0. The van der Waals surface area contributed by atoms with Crippen molar-refractivity contribution < 1.29 is 0 Å². The van der Waals surface area contributed by atoms with Gasteiger partial charge in [0.15, 0.2) is 0 Å². The van der Waals surface area contributed by atoms with Gasteiger partial charge in [0, 0.05) is 44.5 Å². The topological polar surface area (TPSA) is 155 Å². The monoisotopic (exact) mass is 992 g/mol. The lowest BCUT2D eigenvalue weighted by Gasteiger charge is -2.13. The first kappa shape index (κ1) is 44.5. The fraction of sp³-hybridized carbons (Fsp3) is 0.154. The predicted octanol–water partition coefficient (Wildman–Crippen LogP) is 14.2. The van der Waals surface area contributed by atoms with Crippen LogP contribution in [0.1, 0.15) is 44.8 Å². The quantitative estimate of drug-likeness (QED) is 0.165. The number of rotatable bonds is 4. The van der Waals surface area contributed by atoms with E-state index in [1.165, 1.54) is 35.2 Å². The third-order valence-electron chi connectivity index (χ3n) is 12.4. The molecule has 5 aromatic carbocycles. The Balaban J connectivity index is 0.000000116. The molecule has 0 aliphatic carbocycles. The van der Waals surface area contributed by atoms with Crippen LogP contribution in [-0.2, 0) is 0 Å². The Labute approximate surface area is 416 Å². The van der Waals surface area contributed by atoms with Crippen molar-refractivity contribution in [1.82, 2.24) is 56.1 Å². The van der Waals surface area contributed by atoms with Crippen molar-refractivity contribution in [3.05, 3.63) is 140 Å². The molecular formula is C52H40N12S5. The molecule has 0 atom stereocenters. The van der Waals surface area contributed by atoms with E-state index >= 15 is 0 Å². The average molecular weight is 993 g/mol. The molecule has 69 heavy (non-hydrogen) atoms. The Bertz CT molecular complexity index is 3800. The Hall–Kier alpha value is -7.02. The van der Waals surface area contributed by atoms with Crippen molar-refractivity contribution >= 4 is 124 Å². The molecule has 0 spiro atoms. The number of benzene rings is 5. The number of aryl methyl sites for hydroxylation is 8. The Morgan fingerprint density at radius 2 is 0.551 bits per heavy atom. The lowest BCUT2D eigenvalue weighted by Crippen LogP contribution is -1.99. The molecule has 17 heteroatoms. The highest BCUT2D eigenvalue weighted by atomic mass is 32.1. The minimum absolute atomic E-state index is 0.888. The highest BCUT2D eigenvalue weighted by Gasteiger charge is 2.22. The molecular weight excluding hydrogens is 953 g/mol. The zero-order chi connectivity index (χ0) is 47.5. The van der Waals surface area contributed by atoms with E-state index in [2.05, 4.69) is 123 Å². The van der Waals surface area contributed by atoms with Gasteiger partial charge in [-0.1, -0.05) is 72.8 Å². The lowest BCUT2D eigenvalue weighted by atomic mass is 10.0. The summed E-state index contributed by atoms with van der Waals surface area (Å²) in [5.74, 6) is 0. The molecule has 0 saturated carbocycles.